The second-order valence-electron chi connectivity index (χ2n) is 7.40. The van der Waals surface area contributed by atoms with E-state index >= 15 is 0 Å². The van der Waals surface area contributed by atoms with E-state index in [1.165, 1.54) is 11.3 Å². The summed E-state index contributed by atoms with van der Waals surface area (Å²) in [5.74, 6) is 1.07. The molecule has 8 heteroatoms. The van der Waals surface area contributed by atoms with Crippen molar-refractivity contribution in [3.05, 3.63) is 66.1 Å². The average molecular weight is 432 g/mol. The monoisotopic (exact) mass is 431 g/mol. The Morgan fingerprint density at radius 2 is 1.84 bits per heavy atom. The number of fused-ring (bicyclic) bond motifs is 1. The largest absolute Gasteiger partial charge is 0.490 e. The van der Waals surface area contributed by atoms with E-state index in [0.29, 0.717) is 11.4 Å². The number of ether oxygens (including phenoxy) is 1. The SMILES string of the molecule is O=C(Nc1cc2cc(-c3cncs3)ncc2cn1)c1ccc(OC2CCNCC2)cc1. The molecule has 1 fully saturated rings. The summed E-state index contributed by atoms with van der Waals surface area (Å²) in [7, 11) is 0. The van der Waals surface area contributed by atoms with Gasteiger partial charge in [-0.15, -0.1) is 11.3 Å². The number of hydrogen-bond donors (Lipinski definition) is 2. The van der Waals surface area contributed by atoms with Crippen LogP contribution in [0.3, 0.4) is 0 Å². The van der Waals surface area contributed by atoms with Crippen molar-refractivity contribution in [2.75, 3.05) is 18.4 Å². The first-order valence-electron chi connectivity index (χ1n) is 10.2. The third-order valence-corrected chi connectivity index (χ3v) is 6.03. The maximum Gasteiger partial charge on any atom is 0.256 e. The van der Waals surface area contributed by atoms with Crippen LogP contribution in [0.5, 0.6) is 5.75 Å². The lowest BCUT2D eigenvalue weighted by molar-refractivity contribution is 0.102. The van der Waals surface area contributed by atoms with Gasteiger partial charge in [0.25, 0.3) is 5.91 Å². The molecule has 1 aliphatic rings. The normalized spacial score (nSPS) is 14.5. The second-order valence-corrected chi connectivity index (χ2v) is 8.28. The molecule has 0 bridgehead atoms. The lowest BCUT2D eigenvalue weighted by Gasteiger charge is -2.23. The number of piperidine rings is 1. The number of hydrogen-bond acceptors (Lipinski definition) is 7. The van der Waals surface area contributed by atoms with Crippen LogP contribution in [0.2, 0.25) is 0 Å². The van der Waals surface area contributed by atoms with Gasteiger partial charge in [0.2, 0.25) is 0 Å². The summed E-state index contributed by atoms with van der Waals surface area (Å²) in [6.07, 6.45) is 7.51. The molecule has 1 saturated heterocycles. The molecule has 1 aromatic carbocycles. The smallest absolute Gasteiger partial charge is 0.256 e. The van der Waals surface area contributed by atoms with E-state index in [1.54, 1.807) is 36.2 Å². The van der Waals surface area contributed by atoms with Crippen molar-refractivity contribution in [2.24, 2.45) is 0 Å². The molecule has 0 atom stereocenters. The van der Waals surface area contributed by atoms with Gasteiger partial charge in [-0.3, -0.25) is 14.8 Å². The highest BCUT2D eigenvalue weighted by Gasteiger charge is 2.15. The molecule has 4 heterocycles. The molecule has 0 unspecified atom stereocenters. The molecule has 7 nitrogen and oxygen atoms in total. The number of rotatable bonds is 5. The molecular weight excluding hydrogens is 410 g/mol. The van der Waals surface area contributed by atoms with Gasteiger partial charge in [-0.05, 0) is 67.7 Å². The fraction of sp³-hybridized carbons (Fsp3) is 0.217. The van der Waals surface area contributed by atoms with E-state index in [9.17, 15) is 4.79 Å². The number of benzene rings is 1. The van der Waals surface area contributed by atoms with Gasteiger partial charge in [-0.2, -0.15) is 0 Å². The summed E-state index contributed by atoms with van der Waals surface area (Å²) < 4.78 is 6.00. The zero-order chi connectivity index (χ0) is 21.0. The molecule has 3 aromatic heterocycles. The molecule has 5 rings (SSSR count). The second kappa shape index (κ2) is 8.79. The summed E-state index contributed by atoms with van der Waals surface area (Å²) in [4.78, 5) is 26.6. The summed E-state index contributed by atoms with van der Waals surface area (Å²) in [6, 6.07) is 11.1. The maximum atomic E-state index is 12.7. The van der Waals surface area contributed by atoms with Crippen molar-refractivity contribution >= 4 is 33.8 Å². The van der Waals surface area contributed by atoms with Gasteiger partial charge in [0.1, 0.15) is 17.7 Å². The van der Waals surface area contributed by atoms with Crippen LogP contribution in [0.25, 0.3) is 21.3 Å². The predicted molar refractivity (Wildman–Crippen MR) is 122 cm³/mol. The van der Waals surface area contributed by atoms with Crippen LogP contribution in [-0.4, -0.2) is 40.1 Å². The van der Waals surface area contributed by atoms with Crippen LogP contribution in [-0.2, 0) is 0 Å². The Kier molecular flexibility index (Phi) is 5.56. The van der Waals surface area contributed by atoms with Crippen molar-refractivity contribution in [2.45, 2.75) is 18.9 Å². The van der Waals surface area contributed by atoms with Crippen LogP contribution in [0.15, 0.2) is 60.5 Å². The molecule has 2 N–H and O–H groups in total. The van der Waals surface area contributed by atoms with Crippen LogP contribution >= 0.6 is 11.3 Å². The lowest BCUT2D eigenvalue weighted by atomic mass is 10.1. The summed E-state index contributed by atoms with van der Waals surface area (Å²) >= 11 is 1.54. The van der Waals surface area contributed by atoms with E-state index in [-0.39, 0.29) is 12.0 Å². The van der Waals surface area contributed by atoms with Gasteiger partial charge in [-0.1, -0.05) is 0 Å². The third kappa shape index (κ3) is 4.55. The molecule has 156 valence electrons. The van der Waals surface area contributed by atoms with Crippen molar-refractivity contribution < 1.29 is 9.53 Å². The first-order valence-corrected chi connectivity index (χ1v) is 11.1. The van der Waals surface area contributed by atoms with E-state index in [0.717, 1.165) is 53.0 Å². The Labute approximate surface area is 183 Å². The van der Waals surface area contributed by atoms with Crippen LogP contribution < -0.4 is 15.4 Å². The molecule has 1 amide bonds. The highest BCUT2D eigenvalue weighted by atomic mass is 32.1. The molecule has 0 saturated carbocycles. The van der Waals surface area contributed by atoms with E-state index in [2.05, 4.69) is 25.6 Å². The van der Waals surface area contributed by atoms with Crippen molar-refractivity contribution in [3.63, 3.8) is 0 Å². The van der Waals surface area contributed by atoms with Gasteiger partial charge in [0.05, 0.1) is 16.1 Å². The molecule has 0 radical (unpaired) electrons. The van der Waals surface area contributed by atoms with Gasteiger partial charge in [0, 0.05) is 29.5 Å². The number of anilines is 1. The molecule has 31 heavy (non-hydrogen) atoms. The molecule has 1 aliphatic heterocycles. The highest BCUT2D eigenvalue weighted by Crippen LogP contribution is 2.25. The van der Waals surface area contributed by atoms with E-state index < -0.39 is 0 Å². The van der Waals surface area contributed by atoms with Gasteiger partial charge >= 0.3 is 0 Å². The fourth-order valence-electron chi connectivity index (χ4n) is 3.56. The van der Waals surface area contributed by atoms with Crippen LogP contribution in [0.1, 0.15) is 23.2 Å². The number of carbonyl (C=O) groups excluding carboxylic acids is 1. The Morgan fingerprint density at radius 1 is 1.03 bits per heavy atom. The van der Waals surface area contributed by atoms with Crippen LogP contribution in [0, 0.1) is 0 Å². The minimum Gasteiger partial charge on any atom is -0.490 e. The Morgan fingerprint density at radius 3 is 2.61 bits per heavy atom. The standard InChI is InChI=1S/C23H21N5O2S/c29-23(15-1-3-18(4-2-15)30-19-5-7-24-8-6-19)28-22-10-16-9-20(21-13-25-14-31-21)26-11-17(16)12-27-22/h1-4,9-14,19,24H,5-8H2,(H,27,28,29). The van der Waals surface area contributed by atoms with Gasteiger partial charge < -0.3 is 15.4 Å². The fourth-order valence-corrected chi connectivity index (χ4v) is 4.15. The average Bonchev–Trinajstić information content (AvgIpc) is 3.35. The number of nitrogens with zero attached hydrogens (tertiary/aromatic N) is 3. The zero-order valence-electron chi connectivity index (χ0n) is 16.7. The minimum absolute atomic E-state index is 0.211. The lowest BCUT2D eigenvalue weighted by Crippen LogP contribution is -2.34. The summed E-state index contributed by atoms with van der Waals surface area (Å²) in [5, 5.41) is 8.06. The third-order valence-electron chi connectivity index (χ3n) is 5.24. The quantitative estimate of drug-likeness (QED) is 0.494. The topological polar surface area (TPSA) is 89.0 Å². The maximum absolute atomic E-state index is 12.7. The molecule has 0 spiro atoms. The Balaban J connectivity index is 1.29. The first-order chi connectivity index (χ1) is 15.2. The minimum atomic E-state index is -0.211. The van der Waals surface area contributed by atoms with Gasteiger partial charge in [-0.25, -0.2) is 4.98 Å². The number of pyridine rings is 2. The zero-order valence-corrected chi connectivity index (χ0v) is 17.6. The van der Waals surface area contributed by atoms with Crippen molar-refractivity contribution in [3.8, 4) is 16.3 Å². The number of carbonyl (C=O) groups is 1. The molecule has 0 aliphatic carbocycles. The number of amides is 1. The molecule has 4 aromatic rings. The Bertz CT molecular complexity index is 1190. The van der Waals surface area contributed by atoms with E-state index in [1.807, 2.05) is 24.3 Å². The van der Waals surface area contributed by atoms with Gasteiger partial charge in [0.15, 0.2) is 0 Å². The summed E-state index contributed by atoms with van der Waals surface area (Å²) in [5.41, 5.74) is 3.18. The number of thiazole rings is 1. The van der Waals surface area contributed by atoms with Crippen molar-refractivity contribution in [1.82, 2.24) is 20.3 Å². The first kappa shape index (κ1) is 19.6. The number of nitrogens with one attached hydrogen (secondary N) is 2. The van der Waals surface area contributed by atoms with E-state index in [4.69, 9.17) is 4.74 Å². The number of aromatic nitrogens is 3. The van der Waals surface area contributed by atoms with Crippen molar-refractivity contribution in [1.29, 1.82) is 0 Å². The Hall–Kier alpha value is -3.36. The highest BCUT2D eigenvalue weighted by molar-refractivity contribution is 7.13. The summed E-state index contributed by atoms with van der Waals surface area (Å²) in [6.45, 7) is 1.96. The molecular formula is C23H21N5O2S. The van der Waals surface area contributed by atoms with Crippen LogP contribution in [0.4, 0.5) is 5.82 Å². The predicted octanol–water partition coefficient (Wildman–Crippen LogP) is 4.14.